The van der Waals surface area contributed by atoms with Crippen molar-refractivity contribution in [3.63, 3.8) is 0 Å². The molecule has 0 aliphatic rings. The molecule has 6 heteroatoms. The second kappa shape index (κ2) is 11.4. The fourth-order valence-electron chi connectivity index (χ4n) is 2.52. The Balaban J connectivity index is 2.07. The summed E-state index contributed by atoms with van der Waals surface area (Å²) in [6, 6.07) is 15.4. The largest absolute Gasteiger partial charge is 0.492 e. The van der Waals surface area contributed by atoms with Crippen LogP contribution in [0.3, 0.4) is 0 Å². The van der Waals surface area contributed by atoms with Gasteiger partial charge in [-0.25, -0.2) is 0 Å². The normalized spacial score (nSPS) is 10.0. The highest BCUT2D eigenvalue weighted by atomic mass is 79.9. The van der Waals surface area contributed by atoms with Crippen LogP contribution in [0.2, 0.25) is 0 Å². The first-order chi connectivity index (χ1) is 13.5. The fraction of sp³-hybridized carbons (Fsp3) is 0.182. The van der Waals surface area contributed by atoms with Crippen LogP contribution in [0, 0.1) is 0 Å². The van der Waals surface area contributed by atoms with Gasteiger partial charge in [0.25, 0.3) is 5.91 Å². The third-order valence-corrected chi connectivity index (χ3v) is 4.74. The van der Waals surface area contributed by atoms with Crippen molar-refractivity contribution in [3.05, 3.63) is 89.4 Å². The molecule has 0 radical (unpaired) electrons. The lowest BCUT2D eigenvalue weighted by atomic mass is 10.1. The molecule has 4 nitrogen and oxygen atoms in total. The molecular weight excluding hydrogens is 436 g/mol. The third kappa shape index (κ3) is 6.62. The predicted molar refractivity (Wildman–Crippen MR) is 122 cm³/mol. The van der Waals surface area contributed by atoms with Crippen LogP contribution in [0.25, 0.3) is 0 Å². The highest BCUT2D eigenvalue weighted by molar-refractivity contribution is 9.10. The van der Waals surface area contributed by atoms with Crippen molar-refractivity contribution in [3.8, 4) is 5.75 Å². The van der Waals surface area contributed by atoms with Crippen molar-refractivity contribution in [2.24, 2.45) is 0 Å². The van der Waals surface area contributed by atoms with E-state index >= 15 is 0 Å². The zero-order valence-corrected chi connectivity index (χ0v) is 18.0. The average Bonchev–Trinajstić information content (AvgIpc) is 2.69. The Hall–Kier alpha value is -2.44. The maximum Gasteiger partial charge on any atom is 0.261 e. The molecular formula is C22H23BrN2O2S. The molecule has 2 aromatic carbocycles. The maximum atomic E-state index is 12.8. The van der Waals surface area contributed by atoms with E-state index in [4.69, 9.17) is 17.0 Å². The van der Waals surface area contributed by atoms with Gasteiger partial charge in [0, 0.05) is 24.0 Å². The van der Waals surface area contributed by atoms with Crippen molar-refractivity contribution in [2.45, 2.75) is 6.42 Å². The molecule has 0 aliphatic carbocycles. The van der Waals surface area contributed by atoms with E-state index in [1.165, 1.54) is 5.56 Å². The van der Waals surface area contributed by atoms with E-state index in [-0.39, 0.29) is 5.91 Å². The van der Waals surface area contributed by atoms with Crippen LogP contribution >= 0.6 is 28.1 Å². The summed E-state index contributed by atoms with van der Waals surface area (Å²) in [4.78, 5) is 14.6. The molecule has 2 aromatic rings. The van der Waals surface area contributed by atoms with Crippen LogP contribution in [-0.2, 0) is 6.42 Å². The molecule has 2 rings (SSSR count). The van der Waals surface area contributed by atoms with E-state index < -0.39 is 0 Å². The highest BCUT2D eigenvalue weighted by Gasteiger charge is 2.17. The van der Waals surface area contributed by atoms with Gasteiger partial charge in [-0.15, -0.1) is 13.2 Å². The lowest BCUT2D eigenvalue weighted by Crippen LogP contribution is -2.42. The molecule has 0 fully saturated rings. The lowest BCUT2D eigenvalue weighted by molar-refractivity contribution is 0.0970. The summed E-state index contributed by atoms with van der Waals surface area (Å²) in [5.41, 5.74) is 1.60. The van der Waals surface area contributed by atoms with E-state index in [2.05, 4.69) is 34.4 Å². The minimum atomic E-state index is -0.320. The number of halogens is 1. The smallest absolute Gasteiger partial charge is 0.261 e. The topological polar surface area (TPSA) is 41.6 Å². The monoisotopic (exact) mass is 458 g/mol. The number of benzene rings is 2. The summed E-state index contributed by atoms with van der Waals surface area (Å²) in [6.45, 7) is 8.93. The zero-order valence-electron chi connectivity index (χ0n) is 15.6. The molecule has 146 valence electrons. The van der Waals surface area contributed by atoms with Gasteiger partial charge in [0.05, 0.1) is 12.2 Å². The van der Waals surface area contributed by atoms with Gasteiger partial charge in [0.2, 0.25) is 0 Å². The minimum absolute atomic E-state index is 0.319. The number of thiocarbonyl (C=S) groups is 1. The Morgan fingerprint density at radius 3 is 2.46 bits per heavy atom. The van der Waals surface area contributed by atoms with E-state index in [1.54, 1.807) is 29.2 Å². The lowest BCUT2D eigenvalue weighted by Gasteiger charge is -2.22. The first kappa shape index (κ1) is 21.9. The molecule has 0 atom stereocenters. The Morgan fingerprint density at radius 1 is 1.14 bits per heavy atom. The Morgan fingerprint density at radius 2 is 1.82 bits per heavy atom. The summed E-state index contributed by atoms with van der Waals surface area (Å²) >= 11 is 8.77. The van der Waals surface area contributed by atoms with Crippen LogP contribution in [0.1, 0.15) is 15.9 Å². The third-order valence-electron chi connectivity index (χ3n) is 3.88. The molecule has 0 saturated heterocycles. The molecule has 0 bridgehead atoms. The van der Waals surface area contributed by atoms with Crippen LogP contribution in [-0.4, -0.2) is 35.6 Å². The molecule has 0 aromatic heterocycles. The van der Waals surface area contributed by atoms with Gasteiger partial charge in [-0.2, -0.15) is 0 Å². The SMILES string of the molecule is C=CCN(CC=C)C(=S)NC(=O)c1cc(Br)ccc1OCCc1ccccc1. The van der Waals surface area contributed by atoms with Crippen LogP contribution < -0.4 is 10.1 Å². The number of amides is 1. The van der Waals surface area contributed by atoms with Crippen LogP contribution in [0.5, 0.6) is 5.75 Å². The van der Waals surface area contributed by atoms with Crippen molar-refractivity contribution in [1.29, 1.82) is 0 Å². The number of nitrogens with one attached hydrogen (secondary N) is 1. The fourth-order valence-corrected chi connectivity index (χ4v) is 3.13. The minimum Gasteiger partial charge on any atom is -0.492 e. The standard InChI is InChI=1S/C22H23BrN2O2S/c1-3-13-25(14-4-2)22(28)24-21(26)19-16-18(23)10-11-20(19)27-15-12-17-8-6-5-7-9-17/h3-11,16H,1-2,12-15H2,(H,24,26,28). The molecule has 0 spiro atoms. The van der Waals surface area contributed by atoms with E-state index in [0.29, 0.717) is 36.1 Å². The number of carbonyl (C=O) groups excluding carboxylic acids is 1. The molecule has 0 heterocycles. The maximum absolute atomic E-state index is 12.8. The summed E-state index contributed by atoms with van der Waals surface area (Å²) in [7, 11) is 0. The van der Waals surface area contributed by atoms with Crippen LogP contribution in [0.15, 0.2) is 78.3 Å². The van der Waals surface area contributed by atoms with Gasteiger partial charge in [-0.3, -0.25) is 10.1 Å². The molecule has 0 unspecified atom stereocenters. The quantitative estimate of drug-likeness (QED) is 0.434. The van der Waals surface area contributed by atoms with Gasteiger partial charge in [0.1, 0.15) is 5.75 Å². The molecule has 28 heavy (non-hydrogen) atoms. The van der Waals surface area contributed by atoms with Crippen molar-refractivity contribution in [2.75, 3.05) is 19.7 Å². The van der Waals surface area contributed by atoms with Crippen molar-refractivity contribution >= 4 is 39.2 Å². The predicted octanol–water partition coefficient (Wildman–Crippen LogP) is 4.76. The molecule has 0 aliphatic heterocycles. The van der Waals surface area contributed by atoms with Crippen molar-refractivity contribution < 1.29 is 9.53 Å². The number of hydrogen-bond donors (Lipinski definition) is 1. The number of carbonyl (C=O) groups is 1. The number of ether oxygens (including phenoxy) is 1. The van der Waals surface area contributed by atoms with E-state index in [1.807, 2.05) is 36.4 Å². The summed E-state index contributed by atoms with van der Waals surface area (Å²) in [5.74, 6) is 0.192. The van der Waals surface area contributed by atoms with E-state index in [9.17, 15) is 4.79 Å². The Labute approximate surface area is 180 Å². The zero-order chi connectivity index (χ0) is 20.4. The van der Waals surface area contributed by atoms with Gasteiger partial charge < -0.3 is 9.64 Å². The second-order valence-corrected chi connectivity index (χ2v) is 7.27. The number of rotatable bonds is 9. The molecule has 0 saturated carbocycles. The summed E-state index contributed by atoms with van der Waals surface area (Å²) in [6.07, 6.45) is 4.20. The molecule has 1 amide bonds. The van der Waals surface area contributed by atoms with Crippen molar-refractivity contribution in [1.82, 2.24) is 10.2 Å². The Kier molecular flexibility index (Phi) is 8.91. The first-order valence-electron chi connectivity index (χ1n) is 8.83. The Bertz CT molecular complexity index is 830. The highest BCUT2D eigenvalue weighted by Crippen LogP contribution is 2.23. The van der Waals surface area contributed by atoms with Gasteiger partial charge in [-0.05, 0) is 36.0 Å². The summed E-state index contributed by atoms with van der Waals surface area (Å²) in [5, 5.41) is 3.08. The van der Waals surface area contributed by atoms with Gasteiger partial charge in [-0.1, -0.05) is 58.4 Å². The van der Waals surface area contributed by atoms with E-state index in [0.717, 1.165) is 10.9 Å². The molecule has 1 N–H and O–H groups in total. The van der Waals surface area contributed by atoms with Gasteiger partial charge in [0.15, 0.2) is 5.11 Å². The summed E-state index contributed by atoms with van der Waals surface area (Å²) < 4.78 is 6.67. The van der Waals surface area contributed by atoms with Gasteiger partial charge >= 0.3 is 0 Å². The second-order valence-electron chi connectivity index (χ2n) is 5.97. The average molecular weight is 459 g/mol. The van der Waals surface area contributed by atoms with Crippen LogP contribution in [0.4, 0.5) is 0 Å². The number of nitrogens with zero attached hydrogens (tertiary/aromatic N) is 1. The first-order valence-corrected chi connectivity index (χ1v) is 10.0. The number of hydrogen-bond acceptors (Lipinski definition) is 3.